The summed E-state index contributed by atoms with van der Waals surface area (Å²) in [6.07, 6.45) is 10.9. The van der Waals surface area contributed by atoms with Crippen LogP contribution in [0.15, 0.2) is 41.6 Å². The topological polar surface area (TPSA) is 66.0 Å². The highest BCUT2D eigenvalue weighted by molar-refractivity contribution is 6.01. The molecule has 0 aliphatic heterocycles. The maximum Gasteiger partial charge on any atom is 0.160 e. The van der Waals surface area contributed by atoms with Crippen LogP contribution in [0.5, 0.6) is 0 Å². The Kier molecular flexibility index (Phi) is 6.42. The molecule has 0 amide bonds. The third kappa shape index (κ3) is 3.75. The zero-order chi connectivity index (χ0) is 30.7. The minimum Gasteiger partial charge on any atom is -0.393 e. The molecule has 0 saturated heterocycles. The van der Waals surface area contributed by atoms with Gasteiger partial charge in [-0.1, -0.05) is 48.5 Å². The number of hydrogen-bond acceptors (Lipinski definition) is 3. The minimum absolute atomic E-state index is 0.0550. The second-order valence-corrected chi connectivity index (χ2v) is 16.8. The van der Waals surface area contributed by atoms with E-state index in [1.807, 2.05) is 6.20 Å². The molecule has 4 nitrogen and oxygen atoms in total. The average molecular weight is 587 g/mol. The molecule has 5 aliphatic rings. The summed E-state index contributed by atoms with van der Waals surface area (Å²) in [5.41, 5.74) is 4.31. The zero-order valence-corrected chi connectivity index (χ0v) is 27.3. The summed E-state index contributed by atoms with van der Waals surface area (Å²) in [4.78, 5) is 22.6. The van der Waals surface area contributed by atoms with Crippen LogP contribution in [-0.4, -0.2) is 27.0 Å². The molecule has 43 heavy (non-hydrogen) atoms. The van der Waals surface area contributed by atoms with Gasteiger partial charge in [0, 0.05) is 6.42 Å². The number of Topliss-reactive ketones (excluding diaryl/α,β-unsaturated/α-hetero) is 1. The van der Waals surface area contributed by atoms with Crippen molar-refractivity contribution in [2.45, 2.75) is 118 Å². The first-order valence-electron chi connectivity index (χ1n) is 17.0. The number of imidazole rings is 1. The lowest BCUT2D eigenvalue weighted by Gasteiger charge is -2.72. The van der Waals surface area contributed by atoms with E-state index in [0.29, 0.717) is 30.0 Å². The highest BCUT2D eigenvalue weighted by Crippen LogP contribution is 2.76. The maximum absolute atomic E-state index is 14.0. The summed E-state index contributed by atoms with van der Waals surface area (Å²) < 4.78 is 13.7. The van der Waals surface area contributed by atoms with E-state index >= 15 is 0 Å². The Labute approximate surface area is 257 Å². The molecular formula is C38H51FN2O2. The number of rotatable bonds is 3. The van der Waals surface area contributed by atoms with E-state index in [1.54, 1.807) is 12.1 Å². The predicted octanol–water partition coefficient (Wildman–Crippen LogP) is 8.81. The summed E-state index contributed by atoms with van der Waals surface area (Å²) in [6, 6.07) is 6.57. The van der Waals surface area contributed by atoms with Crippen molar-refractivity contribution in [3.05, 3.63) is 53.3 Å². The van der Waals surface area contributed by atoms with Crippen molar-refractivity contribution >= 4 is 5.78 Å². The number of H-pyrrole nitrogens is 1. The third-order valence-electron chi connectivity index (χ3n) is 14.6. The summed E-state index contributed by atoms with van der Waals surface area (Å²) in [7, 11) is 0. The predicted molar refractivity (Wildman–Crippen MR) is 169 cm³/mol. The molecule has 1 unspecified atom stereocenters. The lowest BCUT2D eigenvalue weighted by molar-refractivity contribution is -0.226. The SMILES string of the molecule is CC(C)C1=C2C3CC[C@@H]4[C@@]5(C)CC[C@H](O)C(C)(C)[C@@H]5CC[C@@]4(C)[C@]3(C)CC[C@@]2(c2ncc(-c3ccc(F)cc3)[nH]2)CC1=O. The van der Waals surface area contributed by atoms with Gasteiger partial charge in [0.1, 0.15) is 11.6 Å². The van der Waals surface area contributed by atoms with Crippen LogP contribution in [0, 0.1) is 51.1 Å². The normalized spacial score (nSPS) is 42.0. The molecule has 0 radical (unpaired) electrons. The largest absolute Gasteiger partial charge is 0.393 e. The maximum atomic E-state index is 14.0. The molecule has 1 aromatic heterocycles. The van der Waals surface area contributed by atoms with Gasteiger partial charge in [-0.05, 0) is 138 Å². The second kappa shape index (κ2) is 9.37. The van der Waals surface area contributed by atoms with Crippen molar-refractivity contribution in [3.63, 3.8) is 0 Å². The highest BCUT2D eigenvalue weighted by Gasteiger charge is 2.70. The number of carbonyl (C=O) groups excluding carboxylic acids is 1. The van der Waals surface area contributed by atoms with Crippen molar-refractivity contribution < 1.29 is 14.3 Å². The van der Waals surface area contributed by atoms with Gasteiger partial charge in [-0.25, -0.2) is 9.37 Å². The van der Waals surface area contributed by atoms with Crippen LogP contribution in [0.4, 0.5) is 4.39 Å². The molecule has 2 N–H and O–H groups in total. The number of halogens is 1. The van der Waals surface area contributed by atoms with Crippen LogP contribution in [0.2, 0.25) is 0 Å². The van der Waals surface area contributed by atoms with Crippen molar-refractivity contribution in [2.75, 3.05) is 0 Å². The van der Waals surface area contributed by atoms with Gasteiger partial charge < -0.3 is 10.1 Å². The lowest BCUT2D eigenvalue weighted by atomic mass is 9.33. The Morgan fingerprint density at radius 2 is 1.63 bits per heavy atom. The quantitative estimate of drug-likeness (QED) is 0.378. The van der Waals surface area contributed by atoms with E-state index in [-0.39, 0.29) is 44.9 Å². The zero-order valence-electron chi connectivity index (χ0n) is 27.3. The number of aliphatic hydroxyl groups excluding tert-OH is 1. The van der Waals surface area contributed by atoms with Crippen molar-refractivity contribution in [1.29, 1.82) is 0 Å². The van der Waals surface area contributed by atoms with E-state index in [4.69, 9.17) is 4.98 Å². The fourth-order valence-electron chi connectivity index (χ4n) is 12.2. The van der Waals surface area contributed by atoms with Gasteiger partial charge in [-0.2, -0.15) is 0 Å². The van der Waals surface area contributed by atoms with Crippen molar-refractivity contribution in [2.24, 2.45) is 45.3 Å². The Hall–Kier alpha value is -2.27. The molecule has 1 heterocycles. The molecule has 4 saturated carbocycles. The first-order valence-corrected chi connectivity index (χ1v) is 17.0. The van der Waals surface area contributed by atoms with Gasteiger partial charge >= 0.3 is 0 Å². The van der Waals surface area contributed by atoms with Gasteiger partial charge in [-0.15, -0.1) is 0 Å². The van der Waals surface area contributed by atoms with E-state index in [0.717, 1.165) is 54.8 Å². The third-order valence-corrected chi connectivity index (χ3v) is 14.6. The first-order chi connectivity index (χ1) is 20.2. The van der Waals surface area contributed by atoms with Gasteiger partial charge in [0.2, 0.25) is 0 Å². The van der Waals surface area contributed by atoms with Crippen LogP contribution in [0.3, 0.4) is 0 Å². The van der Waals surface area contributed by atoms with E-state index in [2.05, 4.69) is 53.5 Å². The summed E-state index contributed by atoms with van der Waals surface area (Å²) in [5, 5.41) is 11.1. The molecule has 1 aromatic carbocycles. The first kappa shape index (κ1) is 29.4. The van der Waals surface area contributed by atoms with E-state index in [9.17, 15) is 14.3 Å². The number of aromatic nitrogens is 2. The number of aromatic amines is 1. The lowest BCUT2D eigenvalue weighted by Crippen LogP contribution is -2.65. The van der Waals surface area contributed by atoms with Gasteiger partial charge in [0.25, 0.3) is 0 Å². The molecule has 5 heteroatoms. The molecule has 4 fully saturated rings. The van der Waals surface area contributed by atoms with Gasteiger partial charge in [0.05, 0.1) is 23.4 Å². The standard InChI is InChI=1S/C38H51FN2O2/c1-22(2)31-27(42)20-38(33-40-21-26(41-33)23-8-10-24(39)11-9-23)19-18-36(6)25(32(31)38)12-13-29-35(5)16-15-30(43)34(3,4)28(35)14-17-37(29,36)7/h8-11,21-22,25,28-30,43H,12-20H2,1-7H3,(H,40,41)/t25?,28-,29+,30-,35-,36+,37+,38+/m0/s1. The smallest absolute Gasteiger partial charge is 0.160 e. The highest BCUT2D eigenvalue weighted by atomic mass is 19.1. The molecular weight excluding hydrogens is 535 g/mol. The number of ketones is 1. The molecule has 232 valence electrons. The van der Waals surface area contributed by atoms with Crippen LogP contribution in [0.1, 0.15) is 112 Å². The molecule has 5 aliphatic carbocycles. The van der Waals surface area contributed by atoms with E-state index in [1.165, 1.54) is 37.0 Å². The monoisotopic (exact) mass is 586 g/mol. The van der Waals surface area contributed by atoms with Crippen LogP contribution in [-0.2, 0) is 10.2 Å². The fraction of sp³-hybridized carbons (Fsp3) is 0.684. The molecule has 0 bridgehead atoms. The van der Waals surface area contributed by atoms with Crippen LogP contribution in [0.25, 0.3) is 11.3 Å². The van der Waals surface area contributed by atoms with Crippen molar-refractivity contribution in [3.8, 4) is 11.3 Å². The van der Waals surface area contributed by atoms with E-state index < -0.39 is 0 Å². The van der Waals surface area contributed by atoms with Crippen LogP contribution < -0.4 is 0 Å². The number of fused-ring (bicyclic) bond motifs is 7. The Morgan fingerprint density at radius 1 is 0.907 bits per heavy atom. The minimum atomic E-state index is -0.389. The van der Waals surface area contributed by atoms with Gasteiger partial charge in [0.15, 0.2) is 5.78 Å². The van der Waals surface area contributed by atoms with Gasteiger partial charge in [-0.3, -0.25) is 4.79 Å². The number of nitrogens with one attached hydrogen (secondary N) is 1. The summed E-state index contributed by atoms with van der Waals surface area (Å²) in [6.45, 7) is 16.8. The number of aliphatic hydroxyl groups is 1. The summed E-state index contributed by atoms with van der Waals surface area (Å²) >= 11 is 0. The number of nitrogens with zero attached hydrogens (tertiary/aromatic N) is 1. The van der Waals surface area contributed by atoms with Crippen LogP contribution >= 0.6 is 0 Å². The molecule has 8 atom stereocenters. The Balaban J connectivity index is 1.32. The number of carbonyl (C=O) groups is 1. The number of allylic oxidation sites excluding steroid dienone is 2. The Morgan fingerprint density at radius 3 is 2.33 bits per heavy atom. The number of hydrogen-bond donors (Lipinski definition) is 2. The number of benzene rings is 1. The molecule has 2 aromatic rings. The van der Waals surface area contributed by atoms with Crippen molar-refractivity contribution in [1.82, 2.24) is 9.97 Å². The fourth-order valence-corrected chi connectivity index (χ4v) is 12.2. The molecule has 7 rings (SSSR count). The average Bonchev–Trinajstić information content (AvgIpc) is 3.55. The Bertz CT molecular complexity index is 1490. The molecule has 0 spiro atoms. The second-order valence-electron chi connectivity index (χ2n) is 16.8. The summed E-state index contributed by atoms with van der Waals surface area (Å²) in [5.74, 6) is 2.66.